The third-order valence-electron chi connectivity index (χ3n) is 5.24. The molecule has 0 saturated carbocycles. The van der Waals surface area contributed by atoms with E-state index in [0.29, 0.717) is 22.7 Å². The fraction of sp³-hybridized carbons (Fsp3) is 0.261. The van der Waals surface area contributed by atoms with Gasteiger partial charge in [0.05, 0.1) is 47.5 Å². The van der Waals surface area contributed by atoms with Crippen LogP contribution in [0.3, 0.4) is 0 Å². The summed E-state index contributed by atoms with van der Waals surface area (Å²) in [5, 5.41) is 10.3. The fourth-order valence-electron chi connectivity index (χ4n) is 3.70. The standard InChI is InChI=1S/C23H24N4O3S/c1-13(16-11-15(29-4)8-9-19(16)30-5)24-23(28)17-12-18(20-7-6-10-31-20)25-22-21(17)14(2)26-27(22)3/h6-13H,1-5H3,(H,24,28). The number of pyridine rings is 1. The molecule has 1 amide bonds. The maximum atomic E-state index is 13.4. The van der Waals surface area contributed by atoms with Gasteiger partial charge in [-0.25, -0.2) is 4.98 Å². The van der Waals surface area contributed by atoms with Crippen molar-refractivity contribution in [2.75, 3.05) is 14.2 Å². The Bertz CT molecular complexity index is 1250. The Morgan fingerprint density at radius 2 is 2.00 bits per heavy atom. The molecule has 8 heteroatoms. The summed E-state index contributed by atoms with van der Waals surface area (Å²) >= 11 is 1.58. The molecule has 0 spiro atoms. The lowest BCUT2D eigenvalue weighted by molar-refractivity contribution is 0.0941. The van der Waals surface area contributed by atoms with E-state index in [1.54, 1.807) is 30.2 Å². The van der Waals surface area contributed by atoms with Crippen LogP contribution in [0.4, 0.5) is 0 Å². The van der Waals surface area contributed by atoms with E-state index < -0.39 is 0 Å². The molecule has 0 radical (unpaired) electrons. The second-order valence-corrected chi connectivity index (χ2v) is 8.19. The van der Waals surface area contributed by atoms with Crippen LogP contribution in [0.15, 0.2) is 41.8 Å². The normalized spacial score (nSPS) is 12.0. The van der Waals surface area contributed by atoms with Gasteiger partial charge >= 0.3 is 0 Å². The first-order valence-corrected chi connectivity index (χ1v) is 10.7. The van der Waals surface area contributed by atoms with Gasteiger partial charge in [-0.2, -0.15) is 5.10 Å². The number of carbonyl (C=O) groups is 1. The minimum absolute atomic E-state index is 0.196. The topological polar surface area (TPSA) is 78.3 Å². The van der Waals surface area contributed by atoms with Crippen LogP contribution >= 0.6 is 11.3 Å². The summed E-state index contributed by atoms with van der Waals surface area (Å²) in [5.41, 5.74) is 3.58. The van der Waals surface area contributed by atoms with Crippen LogP contribution < -0.4 is 14.8 Å². The van der Waals surface area contributed by atoms with Crippen molar-refractivity contribution in [1.29, 1.82) is 0 Å². The number of rotatable bonds is 6. The molecule has 4 aromatic rings. The number of nitrogens with one attached hydrogen (secondary N) is 1. The molecule has 1 unspecified atom stereocenters. The Morgan fingerprint density at radius 1 is 1.19 bits per heavy atom. The zero-order valence-electron chi connectivity index (χ0n) is 18.1. The largest absolute Gasteiger partial charge is 0.497 e. The van der Waals surface area contributed by atoms with Gasteiger partial charge in [-0.05, 0) is 49.6 Å². The highest BCUT2D eigenvalue weighted by Crippen LogP contribution is 2.32. The number of carbonyl (C=O) groups excluding carboxylic acids is 1. The summed E-state index contributed by atoms with van der Waals surface area (Å²) < 4.78 is 12.5. The average Bonchev–Trinajstić information content (AvgIpc) is 3.41. The maximum absolute atomic E-state index is 13.4. The second-order valence-electron chi connectivity index (χ2n) is 7.24. The van der Waals surface area contributed by atoms with E-state index >= 15 is 0 Å². The van der Waals surface area contributed by atoms with Crippen LogP contribution in [0.25, 0.3) is 21.6 Å². The number of hydrogen-bond acceptors (Lipinski definition) is 6. The summed E-state index contributed by atoms with van der Waals surface area (Å²) in [6, 6.07) is 11.0. The minimum atomic E-state index is -0.303. The molecule has 0 bridgehead atoms. The smallest absolute Gasteiger partial charge is 0.252 e. The molecule has 0 aliphatic heterocycles. The Hall–Kier alpha value is -3.39. The molecular formula is C23H24N4O3S. The quantitative estimate of drug-likeness (QED) is 0.481. The number of fused-ring (bicyclic) bond motifs is 1. The SMILES string of the molecule is COc1ccc(OC)c(C(C)NC(=O)c2cc(-c3cccs3)nc3c2c(C)nn3C)c1. The summed E-state index contributed by atoms with van der Waals surface area (Å²) in [7, 11) is 5.06. The van der Waals surface area contributed by atoms with E-state index in [1.165, 1.54) is 0 Å². The van der Waals surface area contributed by atoms with Gasteiger partial charge in [-0.15, -0.1) is 11.3 Å². The first-order valence-electron chi connectivity index (χ1n) is 9.84. The van der Waals surface area contributed by atoms with Gasteiger partial charge in [0.25, 0.3) is 5.91 Å². The molecule has 4 rings (SSSR count). The fourth-order valence-corrected chi connectivity index (χ4v) is 4.39. The van der Waals surface area contributed by atoms with Crippen LogP contribution in [0.2, 0.25) is 0 Å². The van der Waals surface area contributed by atoms with Gasteiger partial charge in [0, 0.05) is 12.6 Å². The highest BCUT2D eigenvalue weighted by atomic mass is 32.1. The molecule has 3 heterocycles. The molecule has 7 nitrogen and oxygen atoms in total. The molecule has 0 fully saturated rings. The number of benzene rings is 1. The third kappa shape index (κ3) is 3.86. The zero-order chi connectivity index (χ0) is 22.1. The van der Waals surface area contributed by atoms with Gasteiger partial charge < -0.3 is 14.8 Å². The highest BCUT2D eigenvalue weighted by molar-refractivity contribution is 7.13. The number of aromatic nitrogens is 3. The summed E-state index contributed by atoms with van der Waals surface area (Å²) in [6.45, 7) is 3.81. The highest BCUT2D eigenvalue weighted by Gasteiger charge is 2.22. The number of thiophene rings is 1. The Labute approximate surface area is 184 Å². The number of aryl methyl sites for hydroxylation is 2. The lowest BCUT2D eigenvalue weighted by atomic mass is 10.0. The molecule has 1 aromatic carbocycles. The third-order valence-corrected chi connectivity index (χ3v) is 6.13. The van der Waals surface area contributed by atoms with Crippen LogP contribution in [-0.4, -0.2) is 34.9 Å². The van der Waals surface area contributed by atoms with Gasteiger partial charge in [-0.3, -0.25) is 9.48 Å². The van der Waals surface area contributed by atoms with Crippen molar-refractivity contribution in [3.63, 3.8) is 0 Å². The van der Waals surface area contributed by atoms with E-state index in [0.717, 1.165) is 27.2 Å². The van der Waals surface area contributed by atoms with E-state index in [-0.39, 0.29) is 11.9 Å². The predicted molar refractivity (Wildman–Crippen MR) is 122 cm³/mol. The van der Waals surface area contributed by atoms with Crippen molar-refractivity contribution in [2.45, 2.75) is 19.9 Å². The van der Waals surface area contributed by atoms with E-state index in [1.807, 2.05) is 62.7 Å². The van der Waals surface area contributed by atoms with Crippen LogP contribution in [0.5, 0.6) is 11.5 Å². The molecule has 0 aliphatic carbocycles. The predicted octanol–water partition coefficient (Wildman–Crippen LogP) is 4.51. The first kappa shape index (κ1) is 20.9. The molecule has 3 aromatic heterocycles. The van der Waals surface area contributed by atoms with Crippen molar-refractivity contribution in [1.82, 2.24) is 20.1 Å². The Kier molecular flexibility index (Phi) is 5.65. The number of hydrogen-bond donors (Lipinski definition) is 1. The van der Waals surface area contributed by atoms with E-state index in [2.05, 4.69) is 10.4 Å². The summed E-state index contributed by atoms with van der Waals surface area (Å²) in [5.74, 6) is 1.19. The minimum Gasteiger partial charge on any atom is -0.497 e. The van der Waals surface area contributed by atoms with Gasteiger partial charge in [0.15, 0.2) is 5.65 Å². The van der Waals surface area contributed by atoms with Crippen molar-refractivity contribution in [2.24, 2.45) is 7.05 Å². The monoisotopic (exact) mass is 436 g/mol. The molecule has 160 valence electrons. The van der Waals surface area contributed by atoms with Crippen LogP contribution in [0.1, 0.15) is 34.6 Å². The lowest BCUT2D eigenvalue weighted by Crippen LogP contribution is -2.27. The number of ether oxygens (including phenoxy) is 2. The molecular weight excluding hydrogens is 412 g/mol. The molecule has 1 atom stereocenters. The molecule has 0 saturated heterocycles. The van der Waals surface area contributed by atoms with Gasteiger partial charge in [0.1, 0.15) is 11.5 Å². The van der Waals surface area contributed by atoms with Crippen LogP contribution in [-0.2, 0) is 7.05 Å². The van der Waals surface area contributed by atoms with E-state index in [4.69, 9.17) is 14.5 Å². The molecule has 31 heavy (non-hydrogen) atoms. The number of nitrogens with zero attached hydrogens (tertiary/aromatic N) is 3. The van der Waals surface area contributed by atoms with Gasteiger partial charge in [0.2, 0.25) is 0 Å². The van der Waals surface area contributed by atoms with Crippen molar-refractivity contribution in [3.05, 3.63) is 58.6 Å². The number of methoxy groups -OCH3 is 2. The lowest BCUT2D eigenvalue weighted by Gasteiger charge is -2.19. The van der Waals surface area contributed by atoms with Crippen molar-refractivity contribution >= 4 is 28.3 Å². The molecule has 0 aliphatic rings. The Morgan fingerprint density at radius 3 is 2.68 bits per heavy atom. The average molecular weight is 437 g/mol. The Balaban J connectivity index is 1.76. The van der Waals surface area contributed by atoms with Gasteiger partial charge in [-0.1, -0.05) is 6.07 Å². The molecule has 1 N–H and O–H groups in total. The first-order chi connectivity index (χ1) is 14.9. The number of amides is 1. The zero-order valence-corrected chi connectivity index (χ0v) is 18.9. The summed E-state index contributed by atoms with van der Waals surface area (Å²) in [4.78, 5) is 19.2. The maximum Gasteiger partial charge on any atom is 0.252 e. The summed E-state index contributed by atoms with van der Waals surface area (Å²) in [6.07, 6.45) is 0. The van der Waals surface area contributed by atoms with Crippen molar-refractivity contribution in [3.8, 4) is 22.1 Å². The van der Waals surface area contributed by atoms with E-state index in [9.17, 15) is 4.79 Å². The van der Waals surface area contributed by atoms with Crippen molar-refractivity contribution < 1.29 is 14.3 Å². The second kappa shape index (κ2) is 8.39. The van der Waals surface area contributed by atoms with Crippen LogP contribution in [0, 0.1) is 6.92 Å².